The Hall–Kier alpha value is -0.960. The standard InChI is InChI=1S/C21H30O3/c1-12(22)16-6-7-17-15-5-4-13-10-14(23)8-9-20(13,2)19(15)18(24)11-21(16,17)3/h10,15-19,24H,4-9,11H2,1-3H3/t15-,16-,17-,18-,19+,20-,21-/m1/s1. The molecule has 3 fully saturated rings. The normalized spacial score (nSPS) is 50.6. The zero-order valence-corrected chi connectivity index (χ0v) is 15.2. The summed E-state index contributed by atoms with van der Waals surface area (Å²) in [5.74, 6) is 1.99. The van der Waals surface area contributed by atoms with E-state index in [1.165, 1.54) is 5.57 Å². The number of carbonyl (C=O) groups excluding carboxylic acids is 2. The van der Waals surface area contributed by atoms with Crippen molar-refractivity contribution in [3.05, 3.63) is 11.6 Å². The van der Waals surface area contributed by atoms with E-state index >= 15 is 0 Å². The van der Waals surface area contributed by atoms with E-state index in [0.29, 0.717) is 24.0 Å². The Balaban J connectivity index is 1.72. The Morgan fingerprint density at radius 2 is 1.96 bits per heavy atom. The molecule has 0 unspecified atom stereocenters. The predicted molar refractivity (Wildman–Crippen MR) is 92.3 cm³/mol. The molecule has 132 valence electrons. The molecule has 0 bridgehead atoms. The van der Waals surface area contributed by atoms with Gasteiger partial charge < -0.3 is 5.11 Å². The van der Waals surface area contributed by atoms with Crippen molar-refractivity contribution in [1.29, 1.82) is 0 Å². The van der Waals surface area contributed by atoms with Crippen LogP contribution in [0.1, 0.15) is 65.7 Å². The van der Waals surface area contributed by atoms with Gasteiger partial charge in [0, 0.05) is 12.3 Å². The number of rotatable bonds is 1. The van der Waals surface area contributed by atoms with Gasteiger partial charge >= 0.3 is 0 Å². The maximum Gasteiger partial charge on any atom is 0.155 e. The van der Waals surface area contributed by atoms with Crippen LogP contribution in [0.25, 0.3) is 0 Å². The molecule has 0 saturated heterocycles. The van der Waals surface area contributed by atoms with Crippen LogP contribution in [-0.2, 0) is 9.59 Å². The number of allylic oxidation sites excluding steroid dienone is 1. The molecule has 0 aromatic rings. The van der Waals surface area contributed by atoms with Gasteiger partial charge in [-0.25, -0.2) is 0 Å². The minimum atomic E-state index is -0.349. The van der Waals surface area contributed by atoms with E-state index in [-0.39, 0.29) is 34.6 Å². The highest BCUT2D eigenvalue weighted by molar-refractivity contribution is 5.91. The summed E-state index contributed by atoms with van der Waals surface area (Å²) in [7, 11) is 0. The molecule has 24 heavy (non-hydrogen) atoms. The van der Waals surface area contributed by atoms with Crippen LogP contribution in [0.4, 0.5) is 0 Å². The first kappa shape index (κ1) is 16.5. The van der Waals surface area contributed by atoms with Gasteiger partial charge in [-0.2, -0.15) is 0 Å². The van der Waals surface area contributed by atoms with Crippen LogP contribution < -0.4 is 0 Å². The summed E-state index contributed by atoms with van der Waals surface area (Å²) in [5, 5.41) is 11.2. The maximum absolute atomic E-state index is 12.2. The average molecular weight is 330 g/mol. The van der Waals surface area contributed by atoms with Gasteiger partial charge in [-0.1, -0.05) is 19.4 Å². The van der Waals surface area contributed by atoms with Crippen LogP contribution in [0.5, 0.6) is 0 Å². The summed E-state index contributed by atoms with van der Waals surface area (Å²) in [5.41, 5.74) is 1.23. The second kappa shape index (κ2) is 5.27. The first-order valence-electron chi connectivity index (χ1n) is 9.70. The maximum atomic E-state index is 12.2. The van der Waals surface area contributed by atoms with Crippen molar-refractivity contribution in [2.24, 2.45) is 34.5 Å². The number of carbonyl (C=O) groups is 2. The molecule has 0 aliphatic heterocycles. The summed E-state index contributed by atoms with van der Waals surface area (Å²) < 4.78 is 0. The van der Waals surface area contributed by atoms with E-state index in [9.17, 15) is 14.7 Å². The van der Waals surface area contributed by atoms with Crippen LogP contribution in [0.2, 0.25) is 0 Å². The molecule has 3 saturated carbocycles. The van der Waals surface area contributed by atoms with Crippen LogP contribution in [0, 0.1) is 34.5 Å². The molecule has 0 spiro atoms. The van der Waals surface area contributed by atoms with Gasteiger partial charge in [-0.15, -0.1) is 0 Å². The monoisotopic (exact) mass is 330 g/mol. The lowest BCUT2D eigenvalue weighted by atomic mass is 9.46. The van der Waals surface area contributed by atoms with Crippen molar-refractivity contribution in [2.45, 2.75) is 71.8 Å². The van der Waals surface area contributed by atoms with E-state index in [1.807, 2.05) is 6.08 Å². The molecule has 4 aliphatic rings. The topological polar surface area (TPSA) is 54.4 Å². The lowest BCUT2D eigenvalue weighted by Gasteiger charge is -2.59. The van der Waals surface area contributed by atoms with E-state index in [0.717, 1.165) is 38.5 Å². The van der Waals surface area contributed by atoms with Crippen molar-refractivity contribution < 1.29 is 14.7 Å². The predicted octanol–water partition coefficient (Wildman–Crippen LogP) is 3.69. The zero-order chi connectivity index (χ0) is 17.3. The average Bonchev–Trinajstić information content (AvgIpc) is 2.84. The van der Waals surface area contributed by atoms with Gasteiger partial charge in [0.05, 0.1) is 6.10 Å². The fraction of sp³-hybridized carbons (Fsp3) is 0.810. The number of hydrogen-bond donors (Lipinski definition) is 1. The lowest BCUT2D eigenvalue weighted by Crippen LogP contribution is -2.56. The minimum absolute atomic E-state index is 0.0219. The van der Waals surface area contributed by atoms with Gasteiger partial charge in [0.1, 0.15) is 5.78 Å². The molecule has 0 aromatic carbocycles. The molecule has 0 radical (unpaired) electrons. The van der Waals surface area contributed by atoms with Crippen molar-refractivity contribution in [1.82, 2.24) is 0 Å². The quantitative estimate of drug-likeness (QED) is 0.797. The molecule has 1 N–H and O–H groups in total. The first-order chi connectivity index (χ1) is 11.3. The van der Waals surface area contributed by atoms with Crippen molar-refractivity contribution in [3.8, 4) is 0 Å². The highest BCUT2D eigenvalue weighted by Crippen LogP contribution is 2.66. The molecule has 3 nitrogen and oxygen atoms in total. The van der Waals surface area contributed by atoms with Gasteiger partial charge in [-0.05, 0) is 80.1 Å². The minimum Gasteiger partial charge on any atom is -0.393 e. The number of Topliss-reactive ketones (excluding diaryl/α,β-unsaturated/α-hetero) is 1. The van der Waals surface area contributed by atoms with Gasteiger partial charge in [0.15, 0.2) is 5.78 Å². The Morgan fingerprint density at radius 1 is 1.21 bits per heavy atom. The van der Waals surface area contributed by atoms with E-state index < -0.39 is 0 Å². The molecule has 0 heterocycles. The highest BCUT2D eigenvalue weighted by atomic mass is 16.3. The van der Waals surface area contributed by atoms with E-state index in [1.54, 1.807) is 6.92 Å². The third kappa shape index (κ3) is 2.06. The molecule has 0 amide bonds. The highest BCUT2D eigenvalue weighted by Gasteiger charge is 2.62. The van der Waals surface area contributed by atoms with Gasteiger partial charge in [-0.3, -0.25) is 9.59 Å². The number of aliphatic hydroxyl groups is 1. The molecular weight excluding hydrogens is 300 g/mol. The van der Waals surface area contributed by atoms with Gasteiger partial charge in [0.2, 0.25) is 0 Å². The largest absolute Gasteiger partial charge is 0.393 e. The fourth-order valence-corrected chi connectivity index (χ4v) is 7.35. The molecule has 4 aliphatic carbocycles. The lowest BCUT2D eigenvalue weighted by molar-refractivity contribution is -0.143. The van der Waals surface area contributed by atoms with Crippen LogP contribution in [0.3, 0.4) is 0 Å². The van der Waals surface area contributed by atoms with E-state index in [2.05, 4.69) is 13.8 Å². The third-order valence-electron chi connectivity index (χ3n) is 8.38. The summed E-state index contributed by atoms with van der Waals surface area (Å²) in [6.45, 7) is 6.27. The van der Waals surface area contributed by atoms with Crippen molar-refractivity contribution >= 4 is 11.6 Å². The molecular formula is C21H30O3. The summed E-state index contributed by atoms with van der Waals surface area (Å²) in [6.07, 6.45) is 7.97. The third-order valence-corrected chi connectivity index (χ3v) is 8.38. The summed E-state index contributed by atoms with van der Waals surface area (Å²) in [4.78, 5) is 24.0. The van der Waals surface area contributed by atoms with Crippen LogP contribution >= 0.6 is 0 Å². The second-order valence-corrected chi connectivity index (χ2v) is 9.41. The molecule has 4 rings (SSSR count). The van der Waals surface area contributed by atoms with E-state index in [4.69, 9.17) is 0 Å². The molecule has 7 atom stereocenters. The Kier molecular flexibility index (Phi) is 3.62. The van der Waals surface area contributed by atoms with Crippen molar-refractivity contribution in [2.75, 3.05) is 0 Å². The Labute approximate surface area is 144 Å². The zero-order valence-electron chi connectivity index (χ0n) is 15.2. The smallest absolute Gasteiger partial charge is 0.155 e. The van der Waals surface area contributed by atoms with Gasteiger partial charge in [0.25, 0.3) is 0 Å². The molecule has 0 aromatic heterocycles. The molecule has 3 heteroatoms. The second-order valence-electron chi connectivity index (χ2n) is 9.41. The summed E-state index contributed by atoms with van der Waals surface area (Å²) >= 11 is 0. The number of ketones is 2. The van der Waals surface area contributed by atoms with Crippen LogP contribution in [0.15, 0.2) is 11.6 Å². The number of fused-ring (bicyclic) bond motifs is 5. The number of aliphatic hydroxyl groups excluding tert-OH is 1. The number of hydrogen-bond acceptors (Lipinski definition) is 3. The van der Waals surface area contributed by atoms with Crippen molar-refractivity contribution in [3.63, 3.8) is 0 Å². The summed E-state index contributed by atoms with van der Waals surface area (Å²) in [6, 6.07) is 0. The Morgan fingerprint density at radius 3 is 2.67 bits per heavy atom. The first-order valence-corrected chi connectivity index (χ1v) is 9.70. The fourth-order valence-electron chi connectivity index (χ4n) is 7.35. The van der Waals surface area contributed by atoms with Crippen LogP contribution in [-0.4, -0.2) is 22.8 Å². The Bertz CT molecular complexity index is 621. The SMILES string of the molecule is CC(=O)[C@H]1CC[C@@H]2[C@H]3CCC4=CC(=O)CC[C@@]4(C)[C@@H]3[C@H](O)C[C@]12C.